The van der Waals surface area contributed by atoms with E-state index in [2.05, 4.69) is 10.6 Å². The van der Waals surface area contributed by atoms with Crippen LogP contribution in [0.4, 0.5) is 11.4 Å². The summed E-state index contributed by atoms with van der Waals surface area (Å²) in [6, 6.07) is 7.78. The molecule has 0 spiro atoms. The van der Waals surface area contributed by atoms with Crippen LogP contribution < -0.4 is 10.6 Å². The van der Waals surface area contributed by atoms with Gasteiger partial charge in [0, 0.05) is 17.0 Å². The molecule has 0 saturated heterocycles. The maximum atomic E-state index is 11.9. The quantitative estimate of drug-likeness (QED) is 0.660. The molecule has 1 unspecified atom stereocenters. The number of amides is 1. The van der Waals surface area contributed by atoms with E-state index in [1.54, 1.807) is 30.4 Å². The Labute approximate surface area is 124 Å². The molecule has 0 bridgehead atoms. The molecule has 7 heteroatoms. The van der Waals surface area contributed by atoms with Crippen molar-refractivity contribution in [3.05, 3.63) is 56.3 Å². The smallest absolute Gasteiger partial charge is 0.269 e. The number of benzene rings is 1. The van der Waals surface area contributed by atoms with E-state index in [0.717, 1.165) is 16.1 Å². The summed E-state index contributed by atoms with van der Waals surface area (Å²) >= 11 is 1.55. The molecule has 2 aromatic rings. The van der Waals surface area contributed by atoms with Gasteiger partial charge in [-0.25, -0.2) is 0 Å². The molecular formula is C14H13N3O3S. The highest BCUT2D eigenvalue weighted by atomic mass is 32.1. The van der Waals surface area contributed by atoms with Crippen LogP contribution in [0.2, 0.25) is 0 Å². The lowest BCUT2D eigenvalue weighted by Gasteiger charge is -2.19. The lowest BCUT2D eigenvalue weighted by molar-refractivity contribution is -0.384. The molecule has 1 aromatic heterocycles. The SMILES string of the molecule is C[C@@H]1NC(c2ccc([N+](=O)[O-])cc2)c2sccc2NC1=O. The maximum absolute atomic E-state index is 11.9. The number of anilines is 1. The van der Waals surface area contributed by atoms with Crippen molar-refractivity contribution in [3.8, 4) is 0 Å². The van der Waals surface area contributed by atoms with Gasteiger partial charge in [-0.2, -0.15) is 0 Å². The predicted octanol–water partition coefficient (Wildman–Crippen LogP) is 2.68. The molecule has 3 rings (SSSR count). The Balaban J connectivity index is 2.00. The van der Waals surface area contributed by atoms with Gasteiger partial charge in [0.2, 0.25) is 5.91 Å². The number of nitro benzene ring substituents is 1. The van der Waals surface area contributed by atoms with E-state index in [-0.39, 0.29) is 23.7 Å². The van der Waals surface area contributed by atoms with Crippen LogP contribution in [0.1, 0.15) is 23.4 Å². The first-order valence-electron chi connectivity index (χ1n) is 6.45. The number of nitrogens with zero attached hydrogens (tertiary/aromatic N) is 1. The van der Waals surface area contributed by atoms with E-state index < -0.39 is 4.92 Å². The third-order valence-corrected chi connectivity index (χ3v) is 4.44. The molecule has 1 aliphatic heterocycles. The van der Waals surface area contributed by atoms with E-state index in [1.165, 1.54) is 12.1 Å². The minimum absolute atomic E-state index is 0.0565. The molecule has 0 aliphatic carbocycles. The molecule has 1 aromatic carbocycles. The highest BCUT2D eigenvalue weighted by molar-refractivity contribution is 7.10. The fraction of sp³-hybridized carbons (Fsp3) is 0.214. The highest BCUT2D eigenvalue weighted by Gasteiger charge is 2.28. The molecule has 108 valence electrons. The highest BCUT2D eigenvalue weighted by Crippen LogP contribution is 2.35. The van der Waals surface area contributed by atoms with Gasteiger partial charge in [0.1, 0.15) is 0 Å². The molecule has 2 N–H and O–H groups in total. The number of rotatable bonds is 2. The van der Waals surface area contributed by atoms with Crippen LogP contribution in [-0.4, -0.2) is 16.9 Å². The molecule has 0 radical (unpaired) electrons. The van der Waals surface area contributed by atoms with Crippen LogP contribution in [0.15, 0.2) is 35.7 Å². The van der Waals surface area contributed by atoms with Gasteiger partial charge < -0.3 is 5.32 Å². The Bertz CT molecular complexity index is 696. The predicted molar refractivity (Wildman–Crippen MR) is 80.5 cm³/mol. The Morgan fingerprint density at radius 1 is 1.24 bits per heavy atom. The summed E-state index contributed by atoms with van der Waals surface area (Å²) in [4.78, 5) is 23.2. The Kier molecular flexibility index (Phi) is 3.44. The topological polar surface area (TPSA) is 84.3 Å². The number of non-ortho nitro benzene ring substituents is 1. The van der Waals surface area contributed by atoms with Crippen molar-refractivity contribution in [3.63, 3.8) is 0 Å². The van der Waals surface area contributed by atoms with Crippen molar-refractivity contribution in [2.75, 3.05) is 5.32 Å². The maximum Gasteiger partial charge on any atom is 0.269 e. The third kappa shape index (κ3) is 2.53. The molecule has 1 amide bonds. The van der Waals surface area contributed by atoms with Gasteiger partial charge in [-0.1, -0.05) is 12.1 Å². The van der Waals surface area contributed by atoms with Gasteiger partial charge in [-0.05, 0) is 23.9 Å². The summed E-state index contributed by atoms with van der Waals surface area (Å²) in [5.74, 6) is -0.0842. The molecule has 21 heavy (non-hydrogen) atoms. The normalized spacial score (nSPS) is 21.3. The monoisotopic (exact) mass is 303 g/mol. The third-order valence-electron chi connectivity index (χ3n) is 3.46. The van der Waals surface area contributed by atoms with Crippen LogP contribution in [0, 0.1) is 10.1 Å². The van der Waals surface area contributed by atoms with Gasteiger partial charge in [0.15, 0.2) is 0 Å². The first-order valence-corrected chi connectivity index (χ1v) is 7.33. The van der Waals surface area contributed by atoms with Crippen LogP contribution in [-0.2, 0) is 4.79 Å². The number of hydrogen-bond donors (Lipinski definition) is 2. The molecule has 6 nitrogen and oxygen atoms in total. The first-order chi connectivity index (χ1) is 10.1. The minimum atomic E-state index is -0.422. The average molecular weight is 303 g/mol. The summed E-state index contributed by atoms with van der Waals surface area (Å²) in [6.07, 6.45) is 0. The van der Waals surface area contributed by atoms with Crippen LogP contribution in [0.5, 0.6) is 0 Å². The standard InChI is InChI=1S/C14H13N3O3S/c1-8-14(18)16-11-6-7-21-13(11)12(15-8)9-2-4-10(5-3-9)17(19)20/h2-8,12,15H,1H3,(H,16,18)/t8-,12?/m0/s1. The van der Waals surface area contributed by atoms with Crippen molar-refractivity contribution in [2.45, 2.75) is 19.0 Å². The number of carbonyl (C=O) groups excluding carboxylic acids is 1. The summed E-state index contributed by atoms with van der Waals surface area (Å²) < 4.78 is 0. The lowest BCUT2D eigenvalue weighted by Crippen LogP contribution is -2.37. The van der Waals surface area contributed by atoms with Crippen molar-refractivity contribution in [2.24, 2.45) is 0 Å². The van der Waals surface area contributed by atoms with Crippen LogP contribution in [0.25, 0.3) is 0 Å². The fourth-order valence-corrected chi connectivity index (χ4v) is 3.26. The summed E-state index contributed by atoms with van der Waals surface area (Å²) in [5, 5.41) is 18.8. The Morgan fingerprint density at radius 2 is 1.95 bits per heavy atom. The van der Waals surface area contributed by atoms with E-state index in [9.17, 15) is 14.9 Å². The van der Waals surface area contributed by atoms with E-state index in [0.29, 0.717) is 0 Å². The molecular weight excluding hydrogens is 290 g/mol. The summed E-state index contributed by atoms with van der Waals surface area (Å²) in [6.45, 7) is 1.80. The zero-order valence-corrected chi connectivity index (χ0v) is 12.0. The van der Waals surface area contributed by atoms with Crippen molar-refractivity contribution in [1.29, 1.82) is 0 Å². The van der Waals surface area contributed by atoms with Gasteiger partial charge in [0.25, 0.3) is 5.69 Å². The van der Waals surface area contributed by atoms with Crippen LogP contribution in [0.3, 0.4) is 0 Å². The zero-order valence-electron chi connectivity index (χ0n) is 11.2. The number of nitro groups is 1. The second kappa shape index (κ2) is 5.27. The average Bonchev–Trinajstić information content (AvgIpc) is 2.88. The molecule has 2 heterocycles. The lowest BCUT2D eigenvalue weighted by atomic mass is 10.0. The Morgan fingerprint density at radius 3 is 2.62 bits per heavy atom. The molecule has 1 aliphatic rings. The summed E-state index contributed by atoms with van der Waals surface area (Å²) in [5.41, 5.74) is 1.75. The largest absolute Gasteiger partial charge is 0.324 e. The Hall–Kier alpha value is -2.25. The van der Waals surface area contributed by atoms with Crippen molar-refractivity contribution in [1.82, 2.24) is 5.32 Å². The van der Waals surface area contributed by atoms with Gasteiger partial charge in [-0.15, -0.1) is 11.3 Å². The van der Waals surface area contributed by atoms with Crippen molar-refractivity contribution >= 4 is 28.6 Å². The molecule has 2 atom stereocenters. The number of hydrogen-bond acceptors (Lipinski definition) is 5. The molecule has 0 saturated carbocycles. The van der Waals surface area contributed by atoms with Crippen molar-refractivity contribution < 1.29 is 9.72 Å². The van der Waals surface area contributed by atoms with Gasteiger partial charge in [0.05, 0.1) is 22.7 Å². The number of carbonyl (C=O) groups is 1. The van der Waals surface area contributed by atoms with E-state index >= 15 is 0 Å². The number of nitrogens with one attached hydrogen (secondary N) is 2. The minimum Gasteiger partial charge on any atom is -0.324 e. The second-order valence-electron chi connectivity index (χ2n) is 4.86. The van der Waals surface area contributed by atoms with Crippen LogP contribution >= 0.6 is 11.3 Å². The molecule has 0 fully saturated rings. The number of thiophene rings is 1. The first kappa shape index (κ1) is 13.7. The van der Waals surface area contributed by atoms with Gasteiger partial charge >= 0.3 is 0 Å². The second-order valence-corrected chi connectivity index (χ2v) is 5.81. The van der Waals surface area contributed by atoms with E-state index in [4.69, 9.17) is 0 Å². The fourth-order valence-electron chi connectivity index (χ4n) is 2.33. The van der Waals surface area contributed by atoms with Gasteiger partial charge in [-0.3, -0.25) is 20.2 Å². The summed E-state index contributed by atoms with van der Waals surface area (Å²) in [7, 11) is 0. The zero-order chi connectivity index (χ0) is 15.0. The number of fused-ring (bicyclic) bond motifs is 1. The van der Waals surface area contributed by atoms with E-state index in [1.807, 2.05) is 11.4 Å².